The van der Waals surface area contributed by atoms with Crippen molar-refractivity contribution in [3.8, 4) is 5.75 Å². The molecule has 3 aromatic rings. The Bertz CT molecular complexity index is 839. The molecule has 0 bridgehead atoms. The van der Waals surface area contributed by atoms with Gasteiger partial charge in [0.15, 0.2) is 0 Å². The monoisotopic (exact) mass is 429 g/mol. The third-order valence-electron chi connectivity index (χ3n) is 4.11. The molecule has 134 valence electrons. The molecular weight excluding hydrogens is 410 g/mol. The van der Waals surface area contributed by atoms with Crippen molar-refractivity contribution in [2.24, 2.45) is 0 Å². The molecule has 3 aromatic carbocycles. The van der Waals surface area contributed by atoms with E-state index in [0.717, 1.165) is 45.9 Å². The van der Waals surface area contributed by atoms with Crippen LogP contribution in [0.3, 0.4) is 0 Å². The summed E-state index contributed by atoms with van der Waals surface area (Å²) >= 11 is 9.76. The molecule has 0 aromatic heterocycles. The second kappa shape index (κ2) is 9.77. The average molecular weight is 431 g/mol. The third-order valence-corrected chi connectivity index (χ3v) is 4.97. The van der Waals surface area contributed by atoms with Crippen LogP contribution in [0.25, 0.3) is 0 Å². The lowest BCUT2D eigenvalue weighted by Gasteiger charge is -2.14. The molecule has 3 rings (SSSR count). The largest absolute Gasteiger partial charge is 0.489 e. The van der Waals surface area contributed by atoms with E-state index in [1.165, 1.54) is 5.56 Å². The lowest BCUT2D eigenvalue weighted by atomic mass is 10.1. The number of nitrogens with one attached hydrogen (secondary N) is 1. The van der Waals surface area contributed by atoms with Crippen molar-refractivity contribution in [2.45, 2.75) is 19.6 Å². The van der Waals surface area contributed by atoms with Crippen molar-refractivity contribution >= 4 is 27.5 Å². The van der Waals surface area contributed by atoms with Crippen LogP contribution in [0.15, 0.2) is 77.3 Å². The predicted octanol–water partition coefficient (Wildman–Crippen LogP) is 6.01. The smallest absolute Gasteiger partial charge is 0.124 e. The highest BCUT2D eigenvalue weighted by molar-refractivity contribution is 9.10. The maximum atomic E-state index is 6.22. The zero-order chi connectivity index (χ0) is 18.2. The summed E-state index contributed by atoms with van der Waals surface area (Å²) < 4.78 is 7.07. The summed E-state index contributed by atoms with van der Waals surface area (Å²) in [6.45, 7) is 2.13. The maximum absolute atomic E-state index is 6.22. The molecule has 0 saturated carbocycles. The molecule has 26 heavy (non-hydrogen) atoms. The van der Waals surface area contributed by atoms with Crippen LogP contribution in [0, 0.1) is 0 Å². The van der Waals surface area contributed by atoms with Crippen molar-refractivity contribution in [3.63, 3.8) is 0 Å². The second-order valence-electron chi connectivity index (χ2n) is 6.04. The number of rotatable bonds is 8. The van der Waals surface area contributed by atoms with Crippen LogP contribution in [-0.4, -0.2) is 6.54 Å². The van der Waals surface area contributed by atoms with E-state index in [1.54, 1.807) is 0 Å². The minimum atomic E-state index is 0.457. The first-order chi connectivity index (χ1) is 12.7. The van der Waals surface area contributed by atoms with E-state index < -0.39 is 0 Å². The summed E-state index contributed by atoms with van der Waals surface area (Å²) in [5, 5.41) is 4.23. The van der Waals surface area contributed by atoms with Crippen LogP contribution in [0.1, 0.15) is 16.7 Å². The highest BCUT2D eigenvalue weighted by Gasteiger charge is 2.07. The SMILES string of the molecule is Clc1ccccc1COc1ccc(Br)cc1CNCCc1ccccc1. The first-order valence-corrected chi connectivity index (χ1v) is 9.79. The Hall–Kier alpha value is -1.81. The minimum Gasteiger partial charge on any atom is -0.489 e. The number of hydrogen-bond donors (Lipinski definition) is 1. The van der Waals surface area contributed by atoms with E-state index in [1.807, 2.05) is 42.5 Å². The van der Waals surface area contributed by atoms with Gasteiger partial charge in [0, 0.05) is 27.2 Å². The fraction of sp³-hybridized carbons (Fsp3) is 0.182. The number of halogens is 2. The summed E-state index contributed by atoms with van der Waals surface area (Å²) in [6.07, 6.45) is 1.00. The molecule has 0 spiro atoms. The van der Waals surface area contributed by atoms with E-state index in [-0.39, 0.29) is 0 Å². The molecule has 0 fully saturated rings. The maximum Gasteiger partial charge on any atom is 0.124 e. The average Bonchev–Trinajstić information content (AvgIpc) is 2.66. The van der Waals surface area contributed by atoms with Crippen molar-refractivity contribution in [3.05, 3.63) is 99.0 Å². The number of hydrogen-bond acceptors (Lipinski definition) is 2. The highest BCUT2D eigenvalue weighted by Crippen LogP contribution is 2.25. The fourth-order valence-corrected chi connectivity index (χ4v) is 3.30. The Morgan fingerprint density at radius 3 is 2.46 bits per heavy atom. The number of benzene rings is 3. The lowest BCUT2D eigenvalue weighted by Crippen LogP contribution is -2.17. The van der Waals surface area contributed by atoms with Gasteiger partial charge in [-0.15, -0.1) is 0 Å². The van der Waals surface area contributed by atoms with Crippen molar-refractivity contribution in [1.82, 2.24) is 5.32 Å². The van der Waals surface area contributed by atoms with E-state index in [2.05, 4.69) is 51.6 Å². The zero-order valence-corrected chi connectivity index (χ0v) is 16.8. The summed E-state index contributed by atoms with van der Waals surface area (Å²) in [6, 6.07) is 24.3. The van der Waals surface area contributed by atoms with Gasteiger partial charge in [0.25, 0.3) is 0 Å². The van der Waals surface area contributed by atoms with E-state index >= 15 is 0 Å². The Labute approximate surface area is 168 Å². The standard InChI is InChI=1S/C22H21BrClNO/c23-20-10-11-22(26-16-18-8-4-5-9-21(18)24)19(14-20)15-25-13-12-17-6-2-1-3-7-17/h1-11,14,25H,12-13,15-16H2. The molecule has 0 radical (unpaired) electrons. The molecular formula is C22H21BrClNO. The van der Waals surface area contributed by atoms with Gasteiger partial charge in [0.1, 0.15) is 12.4 Å². The van der Waals surface area contributed by atoms with Gasteiger partial charge in [-0.3, -0.25) is 0 Å². The quantitative estimate of drug-likeness (QED) is 0.442. The van der Waals surface area contributed by atoms with Gasteiger partial charge in [-0.05, 0) is 42.8 Å². The minimum absolute atomic E-state index is 0.457. The Kier molecular flexibility index (Phi) is 7.13. The summed E-state index contributed by atoms with van der Waals surface area (Å²) in [5.74, 6) is 0.875. The van der Waals surface area contributed by atoms with Gasteiger partial charge in [-0.2, -0.15) is 0 Å². The van der Waals surface area contributed by atoms with Gasteiger partial charge in [-0.25, -0.2) is 0 Å². The normalized spacial score (nSPS) is 10.7. The first-order valence-electron chi connectivity index (χ1n) is 8.61. The summed E-state index contributed by atoms with van der Waals surface area (Å²) in [7, 11) is 0. The highest BCUT2D eigenvalue weighted by atomic mass is 79.9. The van der Waals surface area contributed by atoms with Crippen LogP contribution in [-0.2, 0) is 19.6 Å². The van der Waals surface area contributed by atoms with E-state index in [0.29, 0.717) is 6.61 Å². The molecule has 0 heterocycles. The molecule has 0 atom stereocenters. The van der Waals surface area contributed by atoms with Crippen molar-refractivity contribution in [1.29, 1.82) is 0 Å². The summed E-state index contributed by atoms with van der Waals surface area (Å²) in [4.78, 5) is 0. The Balaban J connectivity index is 1.58. The molecule has 0 unspecified atom stereocenters. The van der Waals surface area contributed by atoms with Gasteiger partial charge in [0.05, 0.1) is 0 Å². The Morgan fingerprint density at radius 1 is 0.885 bits per heavy atom. The van der Waals surface area contributed by atoms with Crippen LogP contribution in [0.4, 0.5) is 0 Å². The van der Waals surface area contributed by atoms with Crippen LogP contribution < -0.4 is 10.1 Å². The third kappa shape index (κ3) is 5.60. The molecule has 0 amide bonds. The fourth-order valence-electron chi connectivity index (χ4n) is 2.70. The molecule has 0 aliphatic carbocycles. The van der Waals surface area contributed by atoms with Crippen molar-refractivity contribution < 1.29 is 4.74 Å². The molecule has 4 heteroatoms. The van der Waals surface area contributed by atoms with Crippen molar-refractivity contribution in [2.75, 3.05) is 6.54 Å². The van der Waals surface area contributed by atoms with Gasteiger partial charge in [0.2, 0.25) is 0 Å². The lowest BCUT2D eigenvalue weighted by molar-refractivity contribution is 0.302. The number of ether oxygens (including phenoxy) is 1. The Morgan fingerprint density at radius 2 is 1.65 bits per heavy atom. The topological polar surface area (TPSA) is 21.3 Å². The van der Waals surface area contributed by atoms with E-state index in [9.17, 15) is 0 Å². The summed E-state index contributed by atoms with van der Waals surface area (Å²) in [5.41, 5.74) is 3.45. The first kappa shape index (κ1) is 19.0. The van der Waals surface area contributed by atoms with Crippen LogP contribution >= 0.6 is 27.5 Å². The van der Waals surface area contributed by atoms with Crippen LogP contribution in [0.2, 0.25) is 5.02 Å². The zero-order valence-electron chi connectivity index (χ0n) is 14.4. The van der Waals surface area contributed by atoms with Crippen LogP contribution in [0.5, 0.6) is 5.75 Å². The molecule has 0 saturated heterocycles. The van der Waals surface area contributed by atoms with Gasteiger partial charge < -0.3 is 10.1 Å². The van der Waals surface area contributed by atoms with E-state index in [4.69, 9.17) is 16.3 Å². The van der Waals surface area contributed by atoms with Gasteiger partial charge in [-0.1, -0.05) is 76.1 Å². The molecule has 2 nitrogen and oxygen atoms in total. The molecule has 0 aliphatic heterocycles. The molecule has 1 N–H and O–H groups in total. The second-order valence-corrected chi connectivity index (χ2v) is 7.37. The van der Waals surface area contributed by atoms with Gasteiger partial charge >= 0.3 is 0 Å². The molecule has 0 aliphatic rings. The predicted molar refractivity (Wildman–Crippen MR) is 112 cm³/mol.